The Morgan fingerprint density at radius 3 is 2.55 bits per heavy atom. The highest BCUT2D eigenvalue weighted by Gasteiger charge is 2.65. The molecule has 3 nitrogen and oxygen atoms in total. The van der Waals surface area contributed by atoms with Gasteiger partial charge in [-0.25, -0.2) is 0 Å². The van der Waals surface area contributed by atoms with Gasteiger partial charge in [-0.2, -0.15) is 0 Å². The maximum atomic E-state index is 10.7. The number of nitrogens with one attached hydrogen (secondary N) is 1. The number of para-hydroxylation sites is 1. The summed E-state index contributed by atoms with van der Waals surface area (Å²) >= 11 is 0. The zero-order chi connectivity index (χ0) is 14.5. The van der Waals surface area contributed by atoms with Gasteiger partial charge in [0.05, 0.1) is 6.10 Å². The van der Waals surface area contributed by atoms with Crippen molar-refractivity contribution in [3.63, 3.8) is 0 Å². The topological polar surface area (TPSA) is 52.5 Å². The van der Waals surface area contributed by atoms with Gasteiger partial charge in [0.25, 0.3) is 0 Å². The van der Waals surface area contributed by atoms with Crippen molar-refractivity contribution in [1.82, 2.24) is 5.32 Å². The van der Waals surface area contributed by atoms with Gasteiger partial charge in [-0.05, 0) is 30.2 Å². The fraction of sp³-hybridized carbons (Fsp3) is 0.647. The van der Waals surface area contributed by atoms with Crippen LogP contribution in [-0.4, -0.2) is 22.4 Å². The van der Waals surface area contributed by atoms with Gasteiger partial charge in [0.1, 0.15) is 5.75 Å². The van der Waals surface area contributed by atoms with Crippen LogP contribution in [0.2, 0.25) is 0 Å². The summed E-state index contributed by atoms with van der Waals surface area (Å²) in [4.78, 5) is 0. The molecule has 0 saturated heterocycles. The molecular formula is C17H25NO2. The molecule has 110 valence electrons. The smallest absolute Gasteiger partial charge is 0.120 e. The van der Waals surface area contributed by atoms with E-state index in [-0.39, 0.29) is 23.0 Å². The van der Waals surface area contributed by atoms with Crippen molar-refractivity contribution < 1.29 is 10.2 Å². The minimum Gasteiger partial charge on any atom is -0.508 e. The fourth-order valence-electron chi connectivity index (χ4n) is 4.48. The van der Waals surface area contributed by atoms with Gasteiger partial charge in [0.15, 0.2) is 0 Å². The van der Waals surface area contributed by atoms with Crippen LogP contribution in [0.1, 0.15) is 39.2 Å². The van der Waals surface area contributed by atoms with Crippen molar-refractivity contribution in [2.75, 3.05) is 0 Å². The molecule has 2 bridgehead atoms. The van der Waals surface area contributed by atoms with Crippen LogP contribution in [-0.2, 0) is 6.54 Å². The summed E-state index contributed by atoms with van der Waals surface area (Å²) in [5.74, 6) is 0.830. The van der Waals surface area contributed by atoms with Crippen LogP contribution in [0.25, 0.3) is 0 Å². The van der Waals surface area contributed by atoms with E-state index in [9.17, 15) is 10.2 Å². The number of aliphatic hydroxyl groups excluding tert-OH is 1. The van der Waals surface area contributed by atoms with E-state index < -0.39 is 0 Å². The van der Waals surface area contributed by atoms with Crippen molar-refractivity contribution in [2.45, 2.75) is 52.3 Å². The van der Waals surface area contributed by atoms with Crippen molar-refractivity contribution >= 4 is 0 Å². The summed E-state index contributed by atoms with van der Waals surface area (Å²) in [7, 11) is 0. The molecule has 0 spiro atoms. The number of benzene rings is 1. The quantitative estimate of drug-likeness (QED) is 0.795. The lowest BCUT2D eigenvalue weighted by molar-refractivity contribution is -0.000204. The Kier molecular flexibility index (Phi) is 3.11. The van der Waals surface area contributed by atoms with E-state index in [1.165, 1.54) is 6.42 Å². The van der Waals surface area contributed by atoms with Crippen LogP contribution < -0.4 is 5.32 Å². The lowest BCUT2D eigenvalue weighted by Gasteiger charge is -2.37. The third-order valence-electron chi connectivity index (χ3n) is 6.32. The molecule has 3 rings (SSSR count). The van der Waals surface area contributed by atoms with Gasteiger partial charge < -0.3 is 15.5 Å². The van der Waals surface area contributed by atoms with Crippen molar-refractivity contribution in [3.05, 3.63) is 29.8 Å². The predicted molar refractivity (Wildman–Crippen MR) is 79.4 cm³/mol. The second-order valence-electron chi connectivity index (χ2n) is 7.26. The Morgan fingerprint density at radius 2 is 1.95 bits per heavy atom. The Bertz CT molecular complexity index is 513. The van der Waals surface area contributed by atoms with Crippen LogP contribution in [0.15, 0.2) is 24.3 Å². The Balaban J connectivity index is 1.75. The first-order chi connectivity index (χ1) is 9.38. The summed E-state index contributed by atoms with van der Waals surface area (Å²) in [5, 5.41) is 24.0. The molecule has 1 aromatic rings. The second kappa shape index (κ2) is 4.47. The number of rotatable bonds is 3. The summed E-state index contributed by atoms with van der Waals surface area (Å²) in [6.07, 6.45) is 1.99. The van der Waals surface area contributed by atoms with Crippen LogP contribution in [0.5, 0.6) is 5.75 Å². The molecule has 2 saturated carbocycles. The Hall–Kier alpha value is -1.06. The van der Waals surface area contributed by atoms with E-state index in [4.69, 9.17) is 0 Å². The molecule has 3 N–H and O–H groups in total. The molecule has 3 heteroatoms. The van der Waals surface area contributed by atoms with Crippen molar-refractivity contribution in [2.24, 2.45) is 16.7 Å². The molecular weight excluding hydrogens is 250 g/mol. The van der Waals surface area contributed by atoms with Crippen LogP contribution in [0.4, 0.5) is 0 Å². The maximum Gasteiger partial charge on any atom is 0.120 e. The van der Waals surface area contributed by atoms with E-state index in [2.05, 4.69) is 26.1 Å². The van der Waals surface area contributed by atoms with Crippen LogP contribution in [0, 0.1) is 16.7 Å². The number of aliphatic hydroxyl groups is 1. The maximum absolute atomic E-state index is 10.7. The van der Waals surface area contributed by atoms with Gasteiger partial charge in [0, 0.05) is 23.6 Å². The molecule has 2 fully saturated rings. The normalized spacial score (nSPS) is 38.3. The van der Waals surface area contributed by atoms with Crippen LogP contribution >= 0.6 is 0 Å². The largest absolute Gasteiger partial charge is 0.508 e. The average Bonchev–Trinajstić information content (AvgIpc) is 2.71. The van der Waals surface area contributed by atoms with E-state index in [1.54, 1.807) is 6.07 Å². The number of phenolic OH excluding ortho intramolecular Hbond substituents is 1. The highest BCUT2D eigenvalue weighted by Crippen LogP contribution is 2.65. The fourth-order valence-corrected chi connectivity index (χ4v) is 4.48. The van der Waals surface area contributed by atoms with Gasteiger partial charge >= 0.3 is 0 Å². The van der Waals surface area contributed by atoms with E-state index in [0.717, 1.165) is 12.0 Å². The molecule has 0 aromatic heterocycles. The Morgan fingerprint density at radius 1 is 1.25 bits per heavy atom. The number of phenols is 1. The van der Waals surface area contributed by atoms with E-state index in [0.29, 0.717) is 18.2 Å². The molecule has 0 amide bonds. The highest BCUT2D eigenvalue weighted by atomic mass is 16.3. The number of aromatic hydroxyl groups is 1. The molecule has 2 aliphatic rings. The Labute approximate surface area is 121 Å². The lowest BCUT2D eigenvalue weighted by atomic mass is 9.70. The molecule has 20 heavy (non-hydrogen) atoms. The molecule has 0 heterocycles. The molecule has 1 aromatic carbocycles. The number of hydrogen-bond donors (Lipinski definition) is 3. The van der Waals surface area contributed by atoms with E-state index in [1.807, 2.05) is 18.2 Å². The van der Waals surface area contributed by atoms with Gasteiger partial charge in [-0.15, -0.1) is 0 Å². The molecule has 0 radical (unpaired) electrons. The average molecular weight is 275 g/mol. The van der Waals surface area contributed by atoms with Crippen molar-refractivity contribution in [3.8, 4) is 5.75 Å². The zero-order valence-electron chi connectivity index (χ0n) is 12.6. The highest BCUT2D eigenvalue weighted by molar-refractivity contribution is 5.31. The van der Waals surface area contributed by atoms with E-state index >= 15 is 0 Å². The van der Waals surface area contributed by atoms with Crippen molar-refractivity contribution in [1.29, 1.82) is 0 Å². The summed E-state index contributed by atoms with van der Waals surface area (Å²) in [6, 6.07) is 7.52. The summed E-state index contributed by atoms with van der Waals surface area (Å²) < 4.78 is 0. The second-order valence-corrected chi connectivity index (χ2v) is 7.26. The summed E-state index contributed by atoms with van der Waals surface area (Å²) in [5.41, 5.74) is 1.07. The zero-order valence-corrected chi connectivity index (χ0v) is 12.6. The molecule has 0 unspecified atom stereocenters. The van der Waals surface area contributed by atoms with Gasteiger partial charge in [-0.1, -0.05) is 39.0 Å². The summed E-state index contributed by atoms with van der Waals surface area (Å²) in [6.45, 7) is 7.40. The van der Waals surface area contributed by atoms with Gasteiger partial charge in [-0.3, -0.25) is 0 Å². The first-order valence-corrected chi connectivity index (χ1v) is 7.56. The van der Waals surface area contributed by atoms with Crippen LogP contribution in [0.3, 0.4) is 0 Å². The SMILES string of the molecule is CC1(C)[C@@H]2CC[C@@]1(C)[C@H](O)[C@@H]2NCc1ccccc1O. The minimum absolute atomic E-state index is 0.00800. The third kappa shape index (κ3) is 1.73. The lowest BCUT2D eigenvalue weighted by Crippen LogP contribution is -2.46. The number of fused-ring (bicyclic) bond motifs is 2. The molecule has 4 atom stereocenters. The third-order valence-corrected chi connectivity index (χ3v) is 6.32. The monoisotopic (exact) mass is 275 g/mol. The first kappa shape index (κ1) is 13.9. The van der Waals surface area contributed by atoms with Gasteiger partial charge in [0.2, 0.25) is 0 Å². The number of hydrogen-bond acceptors (Lipinski definition) is 3. The molecule has 2 aliphatic carbocycles. The molecule has 0 aliphatic heterocycles. The standard InChI is InChI=1S/C17H25NO2/c1-16(2)12-8-9-17(16,3)15(20)14(12)18-10-11-6-4-5-7-13(11)19/h4-7,12,14-15,18-20H,8-10H2,1-3H3/t12-,14-,15-,17+/m1/s1. The first-order valence-electron chi connectivity index (χ1n) is 7.56. The predicted octanol–water partition coefficient (Wildman–Crippen LogP) is 2.67. The minimum atomic E-state index is -0.304.